The van der Waals surface area contributed by atoms with Crippen molar-refractivity contribution in [2.45, 2.75) is 58.4 Å². The first-order valence-corrected chi connectivity index (χ1v) is 11.7. The van der Waals surface area contributed by atoms with Gasteiger partial charge in [-0.15, -0.1) is 0 Å². The Bertz CT molecular complexity index is 1020. The summed E-state index contributed by atoms with van der Waals surface area (Å²) in [6.45, 7) is 4.08. The Morgan fingerprint density at radius 2 is 2.03 bits per heavy atom. The van der Waals surface area contributed by atoms with Crippen molar-refractivity contribution in [3.63, 3.8) is 0 Å². The zero-order valence-corrected chi connectivity index (χ0v) is 19.4. The first-order chi connectivity index (χ1) is 15.7. The van der Waals surface area contributed by atoms with Gasteiger partial charge in [-0.05, 0) is 68.1 Å². The molecular formula is C25H31BFNO5. The standard InChI is InChI=1S/C25H31BFNO5/c1-4-5-15(11-16-6-8-20(29)19(27)12-16)7-9-21-22-14(2)10-17-23(18(22)13-26(32)33-21)25(31)28(3)24(17)30/h6,8,11-12,17-18,21,23,29,32H,4-5,7,9-10,13H2,1-3H3/b15-11+/t17-,18+,21-,23-/m1/s1. The number of fused-ring (bicyclic) bond motifs is 3. The number of phenols is 1. The molecule has 0 unspecified atom stereocenters. The fourth-order valence-electron chi connectivity index (χ4n) is 5.83. The number of imide groups is 1. The lowest BCUT2D eigenvalue weighted by Gasteiger charge is -2.42. The Balaban J connectivity index is 1.57. The summed E-state index contributed by atoms with van der Waals surface area (Å²) in [7, 11) is 0.563. The van der Waals surface area contributed by atoms with E-state index in [1.54, 1.807) is 13.1 Å². The zero-order valence-electron chi connectivity index (χ0n) is 19.4. The molecule has 8 heteroatoms. The molecule has 2 fully saturated rings. The van der Waals surface area contributed by atoms with E-state index in [9.17, 15) is 24.1 Å². The first kappa shape index (κ1) is 23.7. The van der Waals surface area contributed by atoms with Crippen molar-refractivity contribution in [1.82, 2.24) is 4.90 Å². The molecule has 2 N–H and O–H groups in total. The lowest BCUT2D eigenvalue weighted by atomic mass is 9.58. The molecule has 33 heavy (non-hydrogen) atoms. The summed E-state index contributed by atoms with van der Waals surface area (Å²) >= 11 is 0. The highest BCUT2D eigenvalue weighted by Crippen LogP contribution is 2.50. The van der Waals surface area contributed by atoms with Gasteiger partial charge in [-0.25, -0.2) is 4.39 Å². The van der Waals surface area contributed by atoms with Crippen LogP contribution in [0, 0.1) is 23.6 Å². The molecule has 3 aliphatic rings. The molecule has 0 aromatic heterocycles. The average molecular weight is 455 g/mol. The van der Waals surface area contributed by atoms with Crippen LogP contribution < -0.4 is 0 Å². The number of carbonyl (C=O) groups excluding carboxylic acids is 2. The Morgan fingerprint density at radius 3 is 2.73 bits per heavy atom. The van der Waals surface area contributed by atoms with E-state index in [1.165, 1.54) is 17.0 Å². The van der Waals surface area contributed by atoms with Crippen molar-refractivity contribution in [3.05, 3.63) is 46.3 Å². The van der Waals surface area contributed by atoms with Crippen molar-refractivity contribution in [1.29, 1.82) is 0 Å². The number of likely N-dealkylation sites (tertiary alicyclic amines) is 1. The van der Waals surface area contributed by atoms with Crippen LogP contribution >= 0.6 is 0 Å². The summed E-state index contributed by atoms with van der Waals surface area (Å²) < 4.78 is 19.7. The van der Waals surface area contributed by atoms with E-state index in [2.05, 4.69) is 6.92 Å². The maximum Gasteiger partial charge on any atom is 0.455 e. The molecule has 1 aromatic carbocycles. The van der Waals surface area contributed by atoms with E-state index in [1.807, 2.05) is 13.0 Å². The molecule has 2 amide bonds. The van der Waals surface area contributed by atoms with Gasteiger partial charge in [0.25, 0.3) is 0 Å². The highest BCUT2D eigenvalue weighted by Gasteiger charge is 2.55. The van der Waals surface area contributed by atoms with Crippen LogP contribution in [0.25, 0.3) is 6.08 Å². The van der Waals surface area contributed by atoms with Crippen molar-refractivity contribution < 1.29 is 28.8 Å². The van der Waals surface area contributed by atoms with Crippen LogP contribution in [0.3, 0.4) is 0 Å². The summed E-state index contributed by atoms with van der Waals surface area (Å²) in [5, 5.41) is 19.9. The normalized spacial score (nSPS) is 27.8. The van der Waals surface area contributed by atoms with E-state index in [-0.39, 0.29) is 35.5 Å². The molecular weight excluding hydrogens is 424 g/mol. The molecule has 1 aromatic rings. The average Bonchev–Trinajstić information content (AvgIpc) is 2.98. The number of benzene rings is 1. The fourth-order valence-corrected chi connectivity index (χ4v) is 5.83. The number of nitrogens with zero attached hydrogens (tertiary/aromatic N) is 1. The predicted octanol–water partition coefficient (Wildman–Crippen LogP) is 3.94. The number of phenolic OH excluding ortho intramolecular Hbond substituents is 1. The van der Waals surface area contributed by atoms with Crippen molar-refractivity contribution in [2.75, 3.05) is 7.05 Å². The topological polar surface area (TPSA) is 87.1 Å². The lowest BCUT2D eigenvalue weighted by Crippen LogP contribution is -2.45. The highest BCUT2D eigenvalue weighted by atomic mass is 19.1. The second-order valence-electron chi connectivity index (χ2n) is 9.53. The molecule has 0 bridgehead atoms. The van der Waals surface area contributed by atoms with Crippen molar-refractivity contribution in [3.8, 4) is 5.75 Å². The van der Waals surface area contributed by atoms with Crippen molar-refractivity contribution >= 4 is 25.0 Å². The molecule has 176 valence electrons. The monoisotopic (exact) mass is 455 g/mol. The van der Waals surface area contributed by atoms with Gasteiger partial charge in [-0.3, -0.25) is 14.5 Å². The quantitative estimate of drug-likeness (QED) is 0.386. The Morgan fingerprint density at radius 1 is 1.27 bits per heavy atom. The van der Waals surface area contributed by atoms with Crippen LogP contribution in [-0.4, -0.2) is 47.1 Å². The summed E-state index contributed by atoms with van der Waals surface area (Å²) in [4.78, 5) is 26.6. The van der Waals surface area contributed by atoms with Crippen LogP contribution in [-0.2, 0) is 14.2 Å². The Kier molecular flexibility index (Phi) is 6.77. The van der Waals surface area contributed by atoms with Crippen molar-refractivity contribution in [2.24, 2.45) is 17.8 Å². The summed E-state index contributed by atoms with van der Waals surface area (Å²) in [5.41, 5.74) is 3.95. The van der Waals surface area contributed by atoms with Crippen LogP contribution in [0.5, 0.6) is 5.75 Å². The van der Waals surface area contributed by atoms with Gasteiger partial charge in [0.15, 0.2) is 11.6 Å². The van der Waals surface area contributed by atoms with E-state index >= 15 is 0 Å². The Hall–Kier alpha value is -2.45. The van der Waals surface area contributed by atoms with Gasteiger partial charge in [0.05, 0.1) is 17.9 Å². The van der Waals surface area contributed by atoms with Crippen LogP contribution in [0.4, 0.5) is 4.39 Å². The van der Waals surface area contributed by atoms with E-state index in [4.69, 9.17) is 4.65 Å². The second kappa shape index (κ2) is 9.43. The first-order valence-electron chi connectivity index (χ1n) is 11.7. The number of halogens is 1. The van der Waals surface area contributed by atoms with Gasteiger partial charge in [0, 0.05) is 7.05 Å². The molecule has 0 radical (unpaired) electrons. The number of hydrogen-bond acceptors (Lipinski definition) is 5. The van der Waals surface area contributed by atoms with Gasteiger partial charge in [0.1, 0.15) is 0 Å². The largest absolute Gasteiger partial charge is 0.505 e. The molecule has 0 saturated carbocycles. The molecule has 4 atom stereocenters. The third-order valence-electron chi connectivity index (χ3n) is 7.31. The van der Waals surface area contributed by atoms with Crippen LogP contribution in [0.15, 0.2) is 34.9 Å². The lowest BCUT2D eigenvalue weighted by molar-refractivity contribution is -0.138. The van der Waals surface area contributed by atoms with Gasteiger partial charge < -0.3 is 14.8 Å². The minimum atomic E-state index is -0.978. The maximum atomic E-state index is 13.8. The van der Waals surface area contributed by atoms with Crippen LogP contribution in [0.2, 0.25) is 6.32 Å². The Labute approximate surface area is 194 Å². The van der Waals surface area contributed by atoms with Crippen LogP contribution in [0.1, 0.15) is 51.5 Å². The van der Waals surface area contributed by atoms with Gasteiger partial charge in [-0.1, -0.05) is 36.6 Å². The summed E-state index contributed by atoms with van der Waals surface area (Å²) in [6.07, 6.45) is 5.56. The maximum absolute atomic E-state index is 13.8. The molecule has 0 spiro atoms. The molecule has 2 heterocycles. The predicted molar refractivity (Wildman–Crippen MR) is 123 cm³/mol. The molecule has 6 nitrogen and oxygen atoms in total. The fraction of sp³-hybridized carbons (Fsp3) is 0.520. The SMILES string of the molecule is CCC/C(=C\c1ccc(O)c(F)c1)CC[C@H]1OB(O)C[C@H]2C1=C(C)C[C@H]1C(=O)N(C)C(=O)[C@H]12. The highest BCUT2D eigenvalue weighted by molar-refractivity contribution is 6.43. The minimum absolute atomic E-state index is 0.129. The number of amides is 2. The van der Waals surface area contributed by atoms with E-state index in [0.29, 0.717) is 31.1 Å². The van der Waals surface area contributed by atoms with Gasteiger partial charge >= 0.3 is 7.12 Å². The number of rotatable bonds is 6. The van der Waals surface area contributed by atoms with E-state index < -0.39 is 18.9 Å². The summed E-state index contributed by atoms with van der Waals surface area (Å²) in [6, 6.07) is 4.34. The third kappa shape index (κ3) is 4.51. The number of carbonyl (C=O) groups is 2. The number of aromatic hydroxyl groups is 1. The zero-order chi connectivity index (χ0) is 23.9. The smallest absolute Gasteiger partial charge is 0.455 e. The molecule has 4 rings (SSSR count). The molecule has 2 aliphatic heterocycles. The second-order valence-corrected chi connectivity index (χ2v) is 9.53. The van der Waals surface area contributed by atoms with Gasteiger partial charge in [0.2, 0.25) is 11.8 Å². The number of hydrogen-bond donors (Lipinski definition) is 2. The van der Waals surface area contributed by atoms with E-state index in [0.717, 1.165) is 29.6 Å². The molecule has 2 saturated heterocycles. The van der Waals surface area contributed by atoms with Gasteiger partial charge in [-0.2, -0.15) is 0 Å². The molecule has 1 aliphatic carbocycles. The third-order valence-corrected chi connectivity index (χ3v) is 7.31. The summed E-state index contributed by atoms with van der Waals surface area (Å²) in [5.74, 6) is -2.27. The minimum Gasteiger partial charge on any atom is -0.505 e. The number of allylic oxidation sites excluding steroid dienone is 2.